The lowest BCUT2D eigenvalue weighted by Gasteiger charge is -2.12. The summed E-state index contributed by atoms with van der Waals surface area (Å²) in [6.45, 7) is 0. The summed E-state index contributed by atoms with van der Waals surface area (Å²) in [6, 6.07) is 54.6. The van der Waals surface area contributed by atoms with E-state index in [9.17, 15) is 5.26 Å². The normalized spacial score (nSPS) is 11.8. The van der Waals surface area contributed by atoms with E-state index >= 15 is 0 Å². The smallest absolute Gasteiger partial charge is 0.164 e. The van der Waals surface area contributed by atoms with Crippen molar-refractivity contribution in [2.75, 3.05) is 0 Å². The third-order valence-electron chi connectivity index (χ3n) is 10.1. The minimum Gasteiger partial charge on any atom is -0.309 e. The van der Waals surface area contributed by atoms with E-state index < -0.39 is 0 Å². The molecule has 0 N–H and O–H groups in total. The Morgan fingerprint density at radius 1 is 0.453 bits per heavy atom. The highest BCUT2D eigenvalue weighted by atomic mass is 32.1. The number of aromatic nitrogens is 4. The van der Waals surface area contributed by atoms with E-state index in [1.54, 1.807) is 12.1 Å². The molecular weight excluding hydrogens is 687 g/mol. The second-order valence-electron chi connectivity index (χ2n) is 13.1. The van der Waals surface area contributed by atoms with Gasteiger partial charge in [-0.15, -0.1) is 22.7 Å². The highest BCUT2D eigenvalue weighted by Crippen LogP contribution is 2.52. The van der Waals surface area contributed by atoms with Gasteiger partial charge in [0.25, 0.3) is 0 Å². The third-order valence-corrected chi connectivity index (χ3v) is 12.5. The minimum atomic E-state index is 0.559. The van der Waals surface area contributed by atoms with Crippen LogP contribution in [-0.2, 0) is 0 Å². The topological polar surface area (TPSA) is 67.4 Å². The fraction of sp³-hybridized carbons (Fsp3) is 0. The van der Waals surface area contributed by atoms with Crippen LogP contribution in [0.1, 0.15) is 5.56 Å². The zero-order valence-electron chi connectivity index (χ0n) is 28.0. The van der Waals surface area contributed by atoms with Crippen LogP contribution in [0.15, 0.2) is 152 Å². The molecule has 0 aliphatic carbocycles. The standard InChI is InChI=1S/C46H25N5S2/c47-26-27-18-20-29(21-19-27)45-48-44(28-10-2-1-3-11-28)49-46(50-45)30-22-24-31(25-23-30)51-35-15-7-4-12-32(35)38-41(51)39-33-13-5-8-16-36(33)52-43(39)40-34-14-6-9-17-37(34)53-42(38)40/h1-25H. The highest BCUT2D eigenvalue weighted by molar-refractivity contribution is 7.30. The second-order valence-corrected chi connectivity index (χ2v) is 15.2. The van der Waals surface area contributed by atoms with Crippen LogP contribution in [-0.4, -0.2) is 19.5 Å². The number of fused-ring (bicyclic) bond motifs is 12. The molecule has 0 saturated heterocycles. The molecule has 0 bridgehead atoms. The molecule has 7 aromatic carbocycles. The summed E-state index contributed by atoms with van der Waals surface area (Å²) in [7, 11) is 0. The lowest BCUT2D eigenvalue weighted by Crippen LogP contribution is -2.00. The summed E-state index contributed by atoms with van der Waals surface area (Å²) in [5.74, 6) is 1.74. The van der Waals surface area contributed by atoms with Crippen molar-refractivity contribution in [3.63, 3.8) is 0 Å². The summed E-state index contributed by atoms with van der Waals surface area (Å²) in [4.78, 5) is 14.8. The first-order chi connectivity index (χ1) is 26.2. The molecule has 0 aliphatic heterocycles. The Morgan fingerprint density at radius 3 is 1.53 bits per heavy atom. The average molecular weight is 712 g/mol. The highest BCUT2D eigenvalue weighted by Gasteiger charge is 2.24. The molecule has 4 aromatic heterocycles. The average Bonchev–Trinajstić information content (AvgIpc) is 3.91. The number of hydrogen-bond acceptors (Lipinski definition) is 6. The number of rotatable bonds is 4. The van der Waals surface area contributed by atoms with Crippen LogP contribution in [0.25, 0.3) is 102 Å². The molecule has 11 rings (SSSR count). The molecule has 11 aromatic rings. The van der Waals surface area contributed by atoms with Crippen molar-refractivity contribution >= 4 is 84.8 Å². The Labute approximate surface area is 311 Å². The lowest BCUT2D eigenvalue weighted by atomic mass is 10.0. The predicted molar refractivity (Wildman–Crippen MR) is 221 cm³/mol. The molecule has 5 nitrogen and oxygen atoms in total. The Bertz CT molecular complexity index is 3250. The van der Waals surface area contributed by atoms with Gasteiger partial charge in [0.15, 0.2) is 17.5 Å². The Balaban J connectivity index is 1.16. The van der Waals surface area contributed by atoms with Gasteiger partial charge in [0.2, 0.25) is 0 Å². The van der Waals surface area contributed by atoms with Gasteiger partial charge in [-0.1, -0.05) is 84.9 Å². The van der Waals surface area contributed by atoms with Gasteiger partial charge < -0.3 is 4.57 Å². The largest absolute Gasteiger partial charge is 0.309 e. The molecule has 0 aliphatic rings. The summed E-state index contributed by atoms with van der Waals surface area (Å²) < 4.78 is 7.72. The van der Waals surface area contributed by atoms with Crippen LogP contribution < -0.4 is 0 Å². The molecule has 0 unspecified atom stereocenters. The molecule has 53 heavy (non-hydrogen) atoms. The summed E-state index contributed by atoms with van der Waals surface area (Å²) in [6.07, 6.45) is 0. The van der Waals surface area contributed by atoms with Crippen LogP contribution in [0, 0.1) is 11.3 Å². The van der Waals surface area contributed by atoms with Crippen molar-refractivity contribution in [3.05, 3.63) is 157 Å². The van der Waals surface area contributed by atoms with Gasteiger partial charge in [-0.25, -0.2) is 15.0 Å². The van der Waals surface area contributed by atoms with Gasteiger partial charge in [0.1, 0.15) is 0 Å². The quantitative estimate of drug-likeness (QED) is 0.182. The Kier molecular flexibility index (Phi) is 6.59. The molecule has 4 heterocycles. The van der Waals surface area contributed by atoms with E-state index in [0.717, 1.165) is 22.4 Å². The first-order valence-electron chi connectivity index (χ1n) is 17.3. The molecular formula is C46H25N5S2. The number of hydrogen-bond donors (Lipinski definition) is 0. The number of nitriles is 1. The van der Waals surface area contributed by atoms with Crippen molar-refractivity contribution in [3.8, 4) is 45.9 Å². The van der Waals surface area contributed by atoms with Gasteiger partial charge in [-0.3, -0.25) is 0 Å². The molecule has 0 radical (unpaired) electrons. The monoisotopic (exact) mass is 711 g/mol. The molecule has 0 saturated carbocycles. The van der Waals surface area contributed by atoms with Crippen LogP contribution in [0.4, 0.5) is 0 Å². The van der Waals surface area contributed by atoms with Gasteiger partial charge in [0.05, 0.1) is 22.7 Å². The van der Waals surface area contributed by atoms with Crippen LogP contribution in [0.5, 0.6) is 0 Å². The summed E-state index contributed by atoms with van der Waals surface area (Å²) >= 11 is 3.79. The minimum absolute atomic E-state index is 0.559. The number of para-hydroxylation sites is 1. The van der Waals surface area contributed by atoms with E-state index in [0.29, 0.717) is 23.0 Å². The maximum absolute atomic E-state index is 9.36. The van der Waals surface area contributed by atoms with Crippen LogP contribution >= 0.6 is 22.7 Å². The maximum atomic E-state index is 9.36. The van der Waals surface area contributed by atoms with Crippen molar-refractivity contribution in [1.29, 1.82) is 5.26 Å². The first-order valence-corrected chi connectivity index (χ1v) is 19.0. The molecule has 246 valence electrons. The number of thiophene rings is 2. The summed E-state index contributed by atoms with van der Waals surface area (Å²) in [5, 5.41) is 17.2. The Morgan fingerprint density at radius 2 is 0.925 bits per heavy atom. The number of nitrogens with zero attached hydrogens (tertiary/aromatic N) is 5. The van der Waals surface area contributed by atoms with Crippen molar-refractivity contribution in [1.82, 2.24) is 19.5 Å². The second kappa shape index (κ2) is 11.7. The molecule has 0 fully saturated rings. The van der Waals surface area contributed by atoms with Crippen molar-refractivity contribution < 1.29 is 0 Å². The lowest BCUT2D eigenvalue weighted by molar-refractivity contribution is 1.07. The van der Waals surface area contributed by atoms with E-state index in [1.807, 2.05) is 65.1 Å². The zero-order valence-corrected chi connectivity index (χ0v) is 29.6. The first kappa shape index (κ1) is 30.0. The SMILES string of the molecule is N#Cc1ccc(-c2nc(-c3ccccc3)nc(-c3ccc(-n4c5ccccc5c5c6sc7ccccc7c6c6sc7ccccc7c6c54)cc3)n2)cc1. The van der Waals surface area contributed by atoms with Crippen LogP contribution in [0.3, 0.4) is 0 Å². The molecule has 0 atom stereocenters. The fourth-order valence-corrected chi connectivity index (χ4v) is 10.3. The van der Waals surface area contributed by atoms with Gasteiger partial charge >= 0.3 is 0 Å². The predicted octanol–water partition coefficient (Wildman–Crippen LogP) is 12.6. The fourth-order valence-electron chi connectivity index (χ4n) is 7.68. The Hall–Kier alpha value is -6.72. The zero-order chi connectivity index (χ0) is 35.0. The summed E-state index contributed by atoms with van der Waals surface area (Å²) in [5.41, 5.74) is 6.70. The maximum Gasteiger partial charge on any atom is 0.164 e. The molecule has 0 spiro atoms. The van der Waals surface area contributed by atoms with Gasteiger partial charge in [0, 0.05) is 73.5 Å². The van der Waals surface area contributed by atoms with Gasteiger partial charge in [-0.05, 0) is 66.7 Å². The number of benzene rings is 7. The molecule has 7 heteroatoms. The van der Waals surface area contributed by atoms with Crippen molar-refractivity contribution in [2.45, 2.75) is 0 Å². The van der Waals surface area contributed by atoms with Crippen LogP contribution in [0.2, 0.25) is 0 Å². The van der Waals surface area contributed by atoms with Gasteiger partial charge in [-0.2, -0.15) is 5.26 Å². The third kappa shape index (κ3) is 4.57. The molecule has 0 amide bonds. The van der Waals surface area contributed by atoms with E-state index in [4.69, 9.17) is 15.0 Å². The van der Waals surface area contributed by atoms with E-state index in [2.05, 4.69) is 108 Å². The van der Waals surface area contributed by atoms with E-state index in [-0.39, 0.29) is 0 Å². The van der Waals surface area contributed by atoms with E-state index in [1.165, 1.54) is 62.2 Å². The van der Waals surface area contributed by atoms with Crippen molar-refractivity contribution in [2.24, 2.45) is 0 Å².